The van der Waals surface area contributed by atoms with E-state index in [-0.39, 0.29) is 17.6 Å². The third kappa shape index (κ3) is 5.62. The van der Waals surface area contributed by atoms with Crippen LogP contribution in [0, 0.1) is 5.92 Å². The molecular formula is C12H17ClN2O2S. The van der Waals surface area contributed by atoms with Crippen LogP contribution >= 0.6 is 11.6 Å². The molecule has 2 atom stereocenters. The Morgan fingerprint density at radius 1 is 1.56 bits per heavy atom. The molecule has 4 nitrogen and oxygen atoms in total. The molecule has 6 heteroatoms. The molecule has 100 valence electrons. The smallest absolute Gasteiger partial charge is 0.236 e. The molecule has 18 heavy (non-hydrogen) atoms. The fourth-order valence-electron chi connectivity index (χ4n) is 1.35. The van der Waals surface area contributed by atoms with E-state index >= 15 is 0 Å². The zero-order valence-corrected chi connectivity index (χ0v) is 11.8. The molecule has 1 amide bonds. The molecule has 0 heterocycles. The summed E-state index contributed by atoms with van der Waals surface area (Å²) < 4.78 is 11.6. The minimum absolute atomic E-state index is 0.0170. The molecule has 1 aromatic rings. The van der Waals surface area contributed by atoms with Crippen molar-refractivity contribution in [2.75, 3.05) is 23.4 Å². The zero-order valence-electron chi connectivity index (χ0n) is 10.2. The average Bonchev–Trinajstić information content (AvgIpc) is 2.28. The van der Waals surface area contributed by atoms with Gasteiger partial charge < -0.3 is 11.1 Å². The van der Waals surface area contributed by atoms with Crippen LogP contribution in [0.4, 0.5) is 5.69 Å². The van der Waals surface area contributed by atoms with Gasteiger partial charge in [-0.15, -0.1) is 0 Å². The quantitative estimate of drug-likeness (QED) is 0.835. The molecule has 0 spiro atoms. The predicted octanol–water partition coefficient (Wildman–Crippen LogP) is 1.62. The van der Waals surface area contributed by atoms with Crippen molar-refractivity contribution < 1.29 is 9.00 Å². The highest BCUT2D eigenvalue weighted by Gasteiger charge is 2.11. The topological polar surface area (TPSA) is 72.2 Å². The lowest BCUT2D eigenvalue weighted by molar-refractivity contribution is -0.113. The minimum Gasteiger partial charge on any atom is -0.330 e. The molecule has 0 aliphatic heterocycles. The summed E-state index contributed by atoms with van der Waals surface area (Å²) in [6.07, 6.45) is 0. The first kappa shape index (κ1) is 15.1. The van der Waals surface area contributed by atoms with Crippen LogP contribution in [0.25, 0.3) is 0 Å². The number of carbonyl (C=O) groups excluding carboxylic acids is 1. The number of carbonyl (C=O) groups is 1. The van der Waals surface area contributed by atoms with Crippen LogP contribution in [-0.4, -0.2) is 28.2 Å². The summed E-state index contributed by atoms with van der Waals surface area (Å²) in [6, 6.07) is 6.84. The van der Waals surface area contributed by atoms with Crippen molar-refractivity contribution in [3.8, 4) is 0 Å². The monoisotopic (exact) mass is 288 g/mol. The first-order valence-corrected chi connectivity index (χ1v) is 7.48. The highest BCUT2D eigenvalue weighted by Crippen LogP contribution is 2.14. The number of benzene rings is 1. The van der Waals surface area contributed by atoms with E-state index < -0.39 is 10.8 Å². The average molecular weight is 289 g/mol. The predicted molar refractivity (Wildman–Crippen MR) is 76.2 cm³/mol. The Hall–Kier alpha value is -0.910. The molecule has 3 N–H and O–H groups in total. The van der Waals surface area contributed by atoms with E-state index in [9.17, 15) is 9.00 Å². The van der Waals surface area contributed by atoms with Crippen LogP contribution < -0.4 is 11.1 Å². The Bertz CT molecular complexity index is 440. The summed E-state index contributed by atoms with van der Waals surface area (Å²) in [7, 11) is -1.18. The van der Waals surface area contributed by atoms with Gasteiger partial charge >= 0.3 is 0 Å². The van der Waals surface area contributed by atoms with E-state index in [4.69, 9.17) is 17.3 Å². The maximum absolute atomic E-state index is 11.6. The van der Waals surface area contributed by atoms with Crippen molar-refractivity contribution in [1.82, 2.24) is 0 Å². The van der Waals surface area contributed by atoms with Crippen molar-refractivity contribution in [3.05, 3.63) is 29.3 Å². The fourth-order valence-corrected chi connectivity index (χ4v) is 2.80. The zero-order chi connectivity index (χ0) is 13.5. The Morgan fingerprint density at radius 2 is 2.28 bits per heavy atom. The van der Waals surface area contributed by atoms with Crippen LogP contribution in [0.5, 0.6) is 0 Å². The van der Waals surface area contributed by atoms with Crippen molar-refractivity contribution >= 4 is 34.0 Å². The lowest BCUT2D eigenvalue weighted by atomic mass is 10.2. The molecule has 0 saturated carbocycles. The second kappa shape index (κ2) is 7.51. The molecule has 1 aromatic carbocycles. The van der Waals surface area contributed by atoms with Crippen molar-refractivity contribution in [1.29, 1.82) is 0 Å². The second-order valence-electron chi connectivity index (χ2n) is 4.15. The van der Waals surface area contributed by atoms with E-state index in [0.29, 0.717) is 23.0 Å². The van der Waals surface area contributed by atoms with Gasteiger partial charge in [0.2, 0.25) is 5.91 Å². The number of nitrogens with two attached hydrogens (primary N) is 1. The van der Waals surface area contributed by atoms with Crippen LogP contribution in [0.15, 0.2) is 24.3 Å². The normalized spacial score (nSPS) is 13.9. The first-order valence-electron chi connectivity index (χ1n) is 5.61. The minimum atomic E-state index is -1.18. The summed E-state index contributed by atoms with van der Waals surface area (Å²) in [4.78, 5) is 11.6. The molecule has 0 aromatic heterocycles. The third-order valence-electron chi connectivity index (χ3n) is 2.27. The number of hydrogen-bond acceptors (Lipinski definition) is 3. The maximum Gasteiger partial charge on any atom is 0.236 e. The molecule has 0 aliphatic carbocycles. The molecular weight excluding hydrogens is 272 g/mol. The Labute approximate surface area is 114 Å². The van der Waals surface area contributed by atoms with Crippen molar-refractivity contribution in [2.24, 2.45) is 11.7 Å². The lowest BCUT2D eigenvalue weighted by Crippen LogP contribution is -2.25. The van der Waals surface area contributed by atoms with E-state index in [0.717, 1.165) is 0 Å². The largest absolute Gasteiger partial charge is 0.330 e. The summed E-state index contributed by atoms with van der Waals surface area (Å²) in [6.45, 7) is 2.38. The van der Waals surface area contributed by atoms with Gasteiger partial charge in [0.1, 0.15) is 5.75 Å². The number of nitrogens with one attached hydrogen (secondary N) is 1. The van der Waals surface area contributed by atoms with E-state index in [1.165, 1.54) is 0 Å². The third-order valence-corrected chi connectivity index (χ3v) is 4.03. The number of halogens is 1. The van der Waals surface area contributed by atoms with Gasteiger partial charge in [0.25, 0.3) is 0 Å². The summed E-state index contributed by atoms with van der Waals surface area (Å²) >= 11 is 5.80. The van der Waals surface area contributed by atoms with Crippen molar-refractivity contribution in [3.63, 3.8) is 0 Å². The maximum atomic E-state index is 11.6. The van der Waals surface area contributed by atoms with Gasteiger partial charge in [-0.3, -0.25) is 9.00 Å². The SMILES string of the molecule is CC(CN)CS(=O)CC(=O)Nc1cccc(Cl)c1. The standard InChI is InChI=1S/C12H17ClN2O2S/c1-9(6-14)7-18(17)8-12(16)15-11-4-2-3-10(13)5-11/h2-5,9H,6-8,14H2,1H3,(H,15,16). The Balaban J connectivity index is 2.44. The molecule has 0 aliphatic rings. The van der Waals surface area contributed by atoms with Gasteiger partial charge in [-0.05, 0) is 30.7 Å². The number of rotatable bonds is 6. The first-order chi connectivity index (χ1) is 8.51. The lowest BCUT2D eigenvalue weighted by Gasteiger charge is -2.08. The highest BCUT2D eigenvalue weighted by atomic mass is 35.5. The van der Waals surface area contributed by atoms with Crippen LogP contribution in [-0.2, 0) is 15.6 Å². The van der Waals surface area contributed by atoms with E-state index in [1.807, 2.05) is 6.92 Å². The van der Waals surface area contributed by atoms with Gasteiger partial charge in [-0.25, -0.2) is 0 Å². The van der Waals surface area contributed by atoms with Crippen LogP contribution in [0.2, 0.25) is 5.02 Å². The molecule has 0 radical (unpaired) electrons. The second-order valence-corrected chi connectivity index (χ2v) is 6.09. The van der Waals surface area contributed by atoms with Gasteiger partial charge in [0.15, 0.2) is 0 Å². The number of anilines is 1. The number of amides is 1. The fraction of sp³-hybridized carbons (Fsp3) is 0.417. The van der Waals surface area contributed by atoms with Gasteiger partial charge in [0.05, 0.1) is 0 Å². The summed E-state index contributed by atoms with van der Waals surface area (Å²) in [5.74, 6) is 0.306. The van der Waals surface area contributed by atoms with Crippen LogP contribution in [0.3, 0.4) is 0 Å². The van der Waals surface area contributed by atoms with Gasteiger partial charge in [-0.2, -0.15) is 0 Å². The summed E-state index contributed by atoms with van der Waals surface area (Å²) in [5.41, 5.74) is 6.05. The molecule has 0 saturated heterocycles. The molecule has 0 bridgehead atoms. The van der Waals surface area contributed by atoms with Crippen LogP contribution in [0.1, 0.15) is 6.92 Å². The summed E-state index contributed by atoms with van der Waals surface area (Å²) in [5, 5.41) is 3.20. The van der Waals surface area contributed by atoms with Crippen molar-refractivity contribution in [2.45, 2.75) is 6.92 Å². The van der Waals surface area contributed by atoms with Gasteiger partial charge in [0, 0.05) is 27.3 Å². The van der Waals surface area contributed by atoms with E-state index in [2.05, 4.69) is 5.32 Å². The number of hydrogen-bond donors (Lipinski definition) is 2. The highest BCUT2D eigenvalue weighted by molar-refractivity contribution is 7.85. The van der Waals surface area contributed by atoms with Gasteiger partial charge in [-0.1, -0.05) is 24.6 Å². The molecule has 1 rings (SSSR count). The molecule has 2 unspecified atom stereocenters. The Kier molecular flexibility index (Phi) is 6.32. The van der Waals surface area contributed by atoms with E-state index in [1.54, 1.807) is 24.3 Å². The molecule has 0 fully saturated rings. The Morgan fingerprint density at radius 3 is 2.89 bits per heavy atom.